The Balaban J connectivity index is 1.81. The molecule has 1 amide bonds. The molecule has 0 saturated carbocycles. The van der Waals surface area contributed by atoms with Crippen LogP contribution in [0.2, 0.25) is 0 Å². The van der Waals surface area contributed by atoms with E-state index in [0.29, 0.717) is 19.1 Å². The highest BCUT2D eigenvalue weighted by Gasteiger charge is 2.28. The van der Waals surface area contributed by atoms with Crippen molar-refractivity contribution in [1.82, 2.24) is 9.80 Å². The summed E-state index contributed by atoms with van der Waals surface area (Å²) in [6.45, 7) is 8.67. The minimum atomic E-state index is -0.448. The number of aldehydes is 1. The van der Waals surface area contributed by atoms with E-state index in [0.717, 1.165) is 31.4 Å². The van der Waals surface area contributed by atoms with Crippen molar-refractivity contribution in [3.05, 3.63) is 23.8 Å². The van der Waals surface area contributed by atoms with Crippen LogP contribution in [0.1, 0.15) is 27.2 Å². The van der Waals surface area contributed by atoms with Gasteiger partial charge in [-0.15, -0.1) is 0 Å². The van der Waals surface area contributed by atoms with Gasteiger partial charge in [0.1, 0.15) is 11.9 Å². The second-order valence-corrected chi connectivity index (χ2v) is 6.49. The molecule has 0 bridgehead atoms. The van der Waals surface area contributed by atoms with E-state index in [-0.39, 0.29) is 6.09 Å². The summed E-state index contributed by atoms with van der Waals surface area (Å²) >= 11 is 0. The van der Waals surface area contributed by atoms with Crippen LogP contribution >= 0.6 is 0 Å². The van der Waals surface area contributed by atoms with Crippen LogP contribution in [0.25, 0.3) is 0 Å². The van der Waals surface area contributed by atoms with Crippen LogP contribution in [0.4, 0.5) is 4.79 Å². The number of amides is 1. The smallest absolute Gasteiger partial charge is 0.410 e. The van der Waals surface area contributed by atoms with E-state index in [1.54, 1.807) is 4.90 Å². The van der Waals surface area contributed by atoms with Crippen molar-refractivity contribution in [2.45, 2.75) is 38.8 Å². The highest BCUT2D eigenvalue weighted by molar-refractivity contribution is 5.77. The Labute approximate surface area is 126 Å². The number of nitrogens with zero attached hydrogens (tertiary/aromatic N) is 2. The first-order valence-corrected chi connectivity index (χ1v) is 7.44. The van der Waals surface area contributed by atoms with Crippen molar-refractivity contribution in [2.75, 3.05) is 26.2 Å². The molecular weight excluding hydrogens is 268 g/mol. The molecule has 2 aliphatic rings. The number of rotatable bonds is 2. The van der Waals surface area contributed by atoms with Crippen LogP contribution in [0, 0.1) is 0 Å². The van der Waals surface area contributed by atoms with Gasteiger partial charge in [0.15, 0.2) is 0 Å². The molecule has 0 spiro atoms. The summed E-state index contributed by atoms with van der Waals surface area (Å²) in [4.78, 5) is 26.8. The zero-order valence-electron chi connectivity index (χ0n) is 13.0. The Kier molecular flexibility index (Phi) is 4.83. The Bertz CT molecular complexity index is 455. The first kappa shape index (κ1) is 15.8. The van der Waals surface area contributed by atoms with Crippen LogP contribution in [-0.2, 0) is 9.53 Å². The van der Waals surface area contributed by atoms with E-state index in [9.17, 15) is 9.59 Å². The summed E-state index contributed by atoms with van der Waals surface area (Å²) in [5, 5.41) is 0. The summed E-state index contributed by atoms with van der Waals surface area (Å²) in [6, 6.07) is 0.328. The van der Waals surface area contributed by atoms with Gasteiger partial charge in [0.2, 0.25) is 0 Å². The zero-order chi connectivity index (χ0) is 15.5. The molecule has 1 heterocycles. The van der Waals surface area contributed by atoms with Crippen molar-refractivity contribution < 1.29 is 14.3 Å². The van der Waals surface area contributed by atoms with Gasteiger partial charge in [0.25, 0.3) is 0 Å². The average Bonchev–Trinajstić information content (AvgIpc) is 2.46. The molecule has 5 nitrogen and oxygen atoms in total. The second kappa shape index (κ2) is 6.43. The highest BCUT2D eigenvalue weighted by Crippen LogP contribution is 2.18. The molecule has 0 aromatic heterocycles. The van der Waals surface area contributed by atoms with Gasteiger partial charge in [-0.05, 0) is 27.2 Å². The van der Waals surface area contributed by atoms with E-state index in [1.807, 2.05) is 32.9 Å². The second-order valence-electron chi connectivity index (χ2n) is 6.49. The van der Waals surface area contributed by atoms with E-state index in [2.05, 4.69) is 11.0 Å². The first-order valence-electron chi connectivity index (χ1n) is 7.44. The molecule has 0 N–H and O–H groups in total. The number of hydrogen-bond acceptors (Lipinski definition) is 4. The van der Waals surface area contributed by atoms with Gasteiger partial charge in [-0.25, -0.2) is 4.79 Å². The SMILES string of the molecule is CC(C)(C)OC(=O)N1CCN([C@H]2C=CC(C=O)=CC2)CC1. The lowest BCUT2D eigenvalue weighted by molar-refractivity contribution is -0.104. The maximum absolute atomic E-state index is 12.0. The number of carbonyl (C=O) groups excluding carboxylic acids is 2. The Morgan fingerprint density at radius 3 is 2.43 bits per heavy atom. The number of allylic oxidation sites excluding steroid dienone is 2. The molecule has 1 aliphatic heterocycles. The van der Waals surface area contributed by atoms with Gasteiger partial charge in [-0.3, -0.25) is 9.69 Å². The van der Waals surface area contributed by atoms with Crippen LogP contribution in [0.3, 0.4) is 0 Å². The van der Waals surface area contributed by atoms with E-state index >= 15 is 0 Å². The van der Waals surface area contributed by atoms with E-state index < -0.39 is 5.60 Å². The molecule has 1 saturated heterocycles. The van der Waals surface area contributed by atoms with Gasteiger partial charge in [0, 0.05) is 37.8 Å². The topological polar surface area (TPSA) is 49.9 Å². The average molecular weight is 292 g/mol. The number of carbonyl (C=O) groups is 2. The van der Waals surface area contributed by atoms with Gasteiger partial charge in [-0.1, -0.05) is 18.2 Å². The quantitative estimate of drug-likeness (QED) is 0.730. The van der Waals surface area contributed by atoms with Crippen molar-refractivity contribution in [3.8, 4) is 0 Å². The summed E-state index contributed by atoms with van der Waals surface area (Å²) < 4.78 is 5.39. The third-order valence-corrected chi connectivity index (χ3v) is 3.68. The molecule has 0 radical (unpaired) electrons. The fraction of sp³-hybridized carbons (Fsp3) is 0.625. The Hall–Kier alpha value is -1.62. The third-order valence-electron chi connectivity index (χ3n) is 3.68. The molecule has 0 aromatic carbocycles. The lowest BCUT2D eigenvalue weighted by Gasteiger charge is -2.39. The number of ether oxygens (including phenoxy) is 1. The fourth-order valence-corrected chi connectivity index (χ4v) is 2.55. The molecular formula is C16H24N2O3. The van der Waals surface area contributed by atoms with Crippen LogP contribution in [0.15, 0.2) is 23.8 Å². The highest BCUT2D eigenvalue weighted by atomic mass is 16.6. The summed E-state index contributed by atoms with van der Waals surface area (Å²) in [7, 11) is 0. The maximum atomic E-state index is 12.0. The minimum Gasteiger partial charge on any atom is -0.444 e. The van der Waals surface area contributed by atoms with Crippen LogP contribution in [0.5, 0.6) is 0 Å². The molecule has 21 heavy (non-hydrogen) atoms. The Morgan fingerprint density at radius 1 is 1.29 bits per heavy atom. The normalized spacial score (nSPS) is 23.7. The summed E-state index contributed by atoms with van der Waals surface area (Å²) in [5.74, 6) is 0. The molecule has 116 valence electrons. The van der Waals surface area contributed by atoms with Crippen molar-refractivity contribution in [2.24, 2.45) is 0 Å². The van der Waals surface area contributed by atoms with Crippen LogP contribution < -0.4 is 0 Å². The zero-order valence-corrected chi connectivity index (χ0v) is 13.0. The summed E-state index contributed by atoms with van der Waals surface area (Å²) in [6.07, 6.45) is 7.43. The molecule has 1 fully saturated rings. The molecule has 2 rings (SSSR count). The van der Waals surface area contributed by atoms with E-state index in [1.165, 1.54) is 0 Å². The van der Waals surface area contributed by atoms with Crippen molar-refractivity contribution in [3.63, 3.8) is 0 Å². The number of piperazine rings is 1. The molecule has 0 aromatic rings. The molecule has 5 heteroatoms. The van der Waals surface area contributed by atoms with Crippen molar-refractivity contribution >= 4 is 12.4 Å². The van der Waals surface area contributed by atoms with Crippen molar-refractivity contribution in [1.29, 1.82) is 0 Å². The largest absolute Gasteiger partial charge is 0.444 e. The molecule has 1 atom stereocenters. The van der Waals surface area contributed by atoms with Gasteiger partial charge in [-0.2, -0.15) is 0 Å². The van der Waals surface area contributed by atoms with Crippen LogP contribution in [-0.4, -0.2) is 60.0 Å². The predicted molar refractivity (Wildman–Crippen MR) is 81.1 cm³/mol. The Morgan fingerprint density at radius 2 is 1.95 bits per heavy atom. The minimum absolute atomic E-state index is 0.232. The van der Waals surface area contributed by atoms with E-state index in [4.69, 9.17) is 4.74 Å². The van der Waals surface area contributed by atoms with Gasteiger partial charge < -0.3 is 9.64 Å². The fourth-order valence-electron chi connectivity index (χ4n) is 2.55. The first-order chi connectivity index (χ1) is 9.89. The lowest BCUT2D eigenvalue weighted by Crippen LogP contribution is -2.52. The van der Waals surface area contributed by atoms with Gasteiger partial charge in [0.05, 0.1) is 0 Å². The lowest BCUT2D eigenvalue weighted by atomic mass is 10.0. The van der Waals surface area contributed by atoms with Gasteiger partial charge >= 0.3 is 6.09 Å². The standard InChI is InChI=1S/C16H24N2O3/c1-16(2,3)21-15(20)18-10-8-17(9-11-18)14-6-4-13(12-19)5-7-14/h4-6,12,14H,7-11H2,1-3H3/t14-/m0/s1. The summed E-state index contributed by atoms with van der Waals surface area (Å²) in [5.41, 5.74) is 0.301. The molecule has 1 aliphatic carbocycles. The third kappa shape index (κ3) is 4.43. The molecule has 0 unspecified atom stereocenters. The maximum Gasteiger partial charge on any atom is 0.410 e. The monoisotopic (exact) mass is 292 g/mol. The predicted octanol–water partition coefficient (Wildman–Crippen LogP) is 1.99. The number of hydrogen-bond donors (Lipinski definition) is 0.